The fraction of sp³-hybridized carbons (Fsp3) is 0.600. The van der Waals surface area contributed by atoms with E-state index in [1.807, 2.05) is 6.08 Å². The molecule has 1 N–H and O–H groups in total. The molecule has 0 unspecified atom stereocenters. The first-order valence-electron chi connectivity index (χ1n) is 6.11. The van der Waals surface area contributed by atoms with Gasteiger partial charge in [-0.05, 0) is 53.4 Å². The number of aliphatic hydroxyl groups excluding tert-OH is 1. The van der Waals surface area contributed by atoms with Crippen LogP contribution in [0.5, 0.6) is 0 Å². The normalized spacial score (nSPS) is 12.8. The van der Waals surface area contributed by atoms with Gasteiger partial charge in [0.25, 0.3) is 0 Å². The van der Waals surface area contributed by atoms with Gasteiger partial charge in [-0.15, -0.1) is 0 Å². The molecule has 0 aromatic heterocycles. The Morgan fingerprint density at radius 2 is 1.31 bits per heavy atom. The highest BCUT2D eigenvalue weighted by Crippen LogP contribution is 2.10. The van der Waals surface area contributed by atoms with E-state index in [0.29, 0.717) is 0 Å². The van der Waals surface area contributed by atoms with E-state index in [1.165, 1.54) is 16.7 Å². The lowest BCUT2D eigenvalue weighted by Gasteiger charge is -2.00. The van der Waals surface area contributed by atoms with E-state index < -0.39 is 0 Å². The van der Waals surface area contributed by atoms with Gasteiger partial charge in [-0.25, -0.2) is 0 Å². The van der Waals surface area contributed by atoms with E-state index in [9.17, 15) is 0 Å². The molecule has 0 heterocycles. The average Bonchev–Trinajstić information content (AvgIpc) is 2.17. The predicted molar refractivity (Wildman–Crippen MR) is 72.5 cm³/mol. The van der Waals surface area contributed by atoms with Crippen molar-refractivity contribution in [3.8, 4) is 0 Å². The molecule has 0 spiro atoms. The molecule has 0 radical (unpaired) electrons. The van der Waals surface area contributed by atoms with Crippen LogP contribution in [0.1, 0.15) is 53.4 Å². The summed E-state index contributed by atoms with van der Waals surface area (Å²) in [5.41, 5.74) is 4.14. The second-order valence-corrected chi connectivity index (χ2v) is 4.64. The minimum atomic E-state index is 0.162. The molecule has 0 aliphatic rings. The van der Waals surface area contributed by atoms with Crippen molar-refractivity contribution >= 4 is 0 Å². The van der Waals surface area contributed by atoms with E-state index in [4.69, 9.17) is 5.11 Å². The molecule has 0 saturated heterocycles. The monoisotopic (exact) mass is 224 g/mol. The molecule has 0 aliphatic carbocycles. The van der Waals surface area contributed by atoms with Crippen molar-refractivity contribution in [3.05, 3.63) is 34.9 Å². The summed E-state index contributed by atoms with van der Waals surface area (Å²) in [6.45, 7) is 8.71. The van der Waals surface area contributed by atoms with Gasteiger partial charge in [0.1, 0.15) is 0 Å². The van der Waals surface area contributed by atoms with Crippen LogP contribution < -0.4 is 0 Å². The van der Waals surface area contributed by atoms with Crippen molar-refractivity contribution in [3.63, 3.8) is 0 Å². The molecular formula is C15H26O. The SMILES string of the molecule is CC(C)=CCC/C(C)=C/[13CH2]C/C([13CH3])=C\CO. The zero-order chi connectivity index (χ0) is 12.4. The maximum absolute atomic E-state index is 8.72. The number of aliphatic hydroxyl groups is 1. The molecule has 1 heteroatoms. The fourth-order valence-electron chi connectivity index (χ4n) is 1.49. The van der Waals surface area contributed by atoms with Crippen molar-refractivity contribution in [1.29, 1.82) is 0 Å². The average molecular weight is 224 g/mol. The second kappa shape index (κ2) is 9.41. The summed E-state index contributed by atoms with van der Waals surface area (Å²) in [5, 5.41) is 8.72. The van der Waals surface area contributed by atoms with Crippen molar-refractivity contribution in [1.82, 2.24) is 0 Å². The third kappa shape index (κ3) is 9.72. The van der Waals surface area contributed by atoms with E-state index in [2.05, 4.69) is 39.8 Å². The Morgan fingerprint density at radius 1 is 0.812 bits per heavy atom. The number of hydrogen-bond acceptors (Lipinski definition) is 1. The first-order chi connectivity index (χ1) is 7.56. The van der Waals surface area contributed by atoms with Crippen molar-refractivity contribution in [2.75, 3.05) is 6.61 Å². The maximum Gasteiger partial charge on any atom is 0.0614 e. The highest BCUT2D eigenvalue weighted by Gasteiger charge is 1.91. The van der Waals surface area contributed by atoms with E-state index in [-0.39, 0.29) is 6.61 Å². The zero-order valence-corrected chi connectivity index (χ0v) is 11.2. The Morgan fingerprint density at radius 3 is 1.81 bits per heavy atom. The molecule has 0 amide bonds. The van der Waals surface area contributed by atoms with Crippen LogP contribution in [0.3, 0.4) is 0 Å². The lowest BCUT2D eigenvalue weighted by atomic mass is 10.1. The Bertz CT molecular complexity index is 265. The molecule has 0 atom stereocenters. The summed E-state index contributed by atoms with van der Waals surface area (Å²) in [7, 11) is 0. The van der Waals surface area contributed by atoms with Crippen LogP contribution in [0.2, 0.25) is 0 Å². The van der Waals surface area contributed by atoms with Crippen LogP contribution in [0.4, 0.5) is 0 Å². The Hall–Kier alpha value is -0.820. The summed E-state index contributed by atoms with van der Waals surface area (Å²) >= 11 is 0. The van der Waals surface area contributed by atoms with Gasteiger partial charge in [0.05, 0.1) is 6.61 Å². The third-order valence-electron chi connectivity index (χ3n) is 2.56. The van der Waals surface area contributed by atoms with Crippen molar-refractivity contribution in [2.45, 2.75) is 53.4 Å². The van der Waals surface area contributed by atoms with Gasteiger partial charge >= 0.3 is 0 Å². The van der Waals surface area contributed by atoms with Crippen LogP contribution in [0, 0.1) is 0 Å². The predicted octanol–water partition coefficient (Wildman–Crippen LogP) is 4.40. The molecule has 0 bridgehead atoms. The molecule has 0 fully saturated rings. The van der Waals surface area contributed by atoms with Gasteiger partial charge < -0.3 is 5.11 Å². The summed E-state index contributed by atoms with van der Waals surface area (Å²) in [4.78, 5) is 0. The van der Waals surface area contributed by atoms with Gasteiger partial charge in [0.15, 0.2) is 0 Å². The number of allylic oxidation sites excluding steroid dienone is 5. The summed E-state index contributed by atoms with van der Waals surface area (Å²) in [6.07, 6.45) is 10.9. The number of hydrogen-bond donors (Lipinski definition) is 1. The molecule has 0 aliphatic heterocycles. The summed E-state index contributed by atoms with van der Waals surface area (Å²) in [5.74, 6) is 0. The minimum absolute atomic E-state index is 0.162. The van der Waals surface area contributed by atoms with Crippen molar-refractivity contribution < 1.29 is 5.11 Å². The van der Waals surface area contributed by atoms with Crippen LogP contribution in [0.25, 0.3) is 0 Å². The van der Waals surface area contributed by atoms with Gasteiger partial charge in [-0.1, -0.05) is 34.9 Å². The summed E-state index contributed by atoms with van der Waals surface area (Å²) in [6, 6.07) is 0. The van der Waals surface area contributed by atoms with Crippen LogP contribution in [0.15, 0.2) is 34.9 Å². The Kier molecular flexibility index (Phi) is 8.93. The molecule has 0 rings (SSSR count). The standard InChI is InChI=1S/C15H26O/c1-13(2)7-5-8-14(3)9-6-10-15(4)11-12-16/h7,9,11,16H,5-6,8,10,12H2,1-4H3/b14-9+,15-11-/i4+1,6+1. The number of rotatable bonds is 7. The Labute approximate surface area is 101 Å². The first-order valence-corrected chi connectivity index (χ1v) is 6.11. The summed E-state index contributed by atoms with van der Waals surface area (Å²) < 4.78 is 0. The van der Waals surface area contributed by atoms with Crippen LogP contribution >= 0.6 is 0 Å². The molecule has 0 aromatic carbocycles. The quantitative estimate of drug-likeness (QED) is 0.502. The largest absolute Gasteiger partial charge is 0.392 e. The second-order valence-electron chi connectivity index (χ2n) is 4.64. The molecule has 0 aromatic rings. The van der Waals surface area contributed by atoms with Gasteiger partial charge in [0, 0.05) is 0 Å². The molecule has 1 nitrogen and oxygen atoms in total. The molecule has 92 valence electrons. The van der Waals surface area contributed by atoms with Gasteiger partial charge in [0.2, 0.25) is 0 Å². The topological polar surface area (TPSA) is 20.2 Å². The fourth-order valence-corrected chi connectivity index (χ4v) is 1.49. The first kappa shape index (κ1) is 15.2. The van der Waals surface area contributed by atoms with E-state index >= 15 is 0 Å². The van der Waals surface area contributed by atoms with Crippen LogP contribution in [-0.4, -0.2) is 11.7 Å². The lowest BCUT2D eigenvalue weighted by Crippen LogP contribution is -1.82. The van der Waals surface area contributed by atoms with Gasteiger partial charge in [-0.2, -0.15) is 0 Å². The molecule has 0 saturated carbocycles. The van der Waals surface area contributed by atoms with Crippen LogP contribution in [-0.2, 0) is 0 Å². The third-order valence-corrected chi connectivity index (χ3v) is 2.56. The highest BCUT2D eigenvalue weighted by atomic mass is 16.2. The molecular weight excluding hydrogens is 198 g/mol. The highest BCUT2D eigenvalue weighted by molar-refractivity contribution is 5.05. The maximum atomic E-state index is 8.72. The van der Waals surface area contributed by atoms with E-state index in [1.54, 1.807) is 0 Å². The van der Waals surface area contributed by atoms with Crippen molar-refractivity contribution in [2.24, 2.45) is 0 Å². The van der Waals surface area contributed by atoms with Gasteiger partial charge in [-0.3, -0.25) is 0 Å². The Balaban J connectivity index is 3.79. The smallest absolute Gasteiger partial charge is 0.0614 e. The van der Waals surface area contributed by atoms with E-state index in [0.717, 1.165) is 25.7 Å². The zero-order valence-electron chi connectivity index (χ0n) is 11.2. The minimum Gasteiger partial charge on any atom is -0.392 e. The lowest BCUT2D eigenvalue weighted by molar-refractivity contribution is 0.341. The molecule has 16 heavy (non-hydrogen) atoms.